The lowest BCUT2D eigenvalue weighted by molar-refractivity contribution is -0.138. The average Bonchev–Trinajstić information content (AvgIpc) is 3.24. The number of hydrogen-bond acceptors (Lipinski definition) is 5. The Balaban J connectivity index is 1.47. The molecule has 1 amide bonds. The summed E-state index contributed by atoms with van der Waals surface area (Å²) in [5, 5.41) is 5.35. The molecule has 2 aromatic heterocycles. The molecule has 7 nitrogen and oxygen atoms in total. The average molecular weight is 480 g/mol. The first-order valence-electron chi connectivity index (χ1n) is 12.0. The summed E-state index contributed by atoms with van der Waals surface area (Å²) in [6, 6.07) is 9.74. The van der Waals surface area contributed by atoms with E-state index in [9.17, 15) is 4.79 Å². The van der Waals surface area contributed by atoms with E-state index >= 15 is 0 Å². The van der Waals surface area contributed by atoms with Crippen molar-refractivity contribution in [3.63, 3.8) is 0 Å². The smallest absolute Gasteiger partial charge is 0.228 e. The van der Waals surface area contributed by atoms with E-state index in [2.05, 4.69) is 16.8 Å². The van der Waals surface area contributed by atoms with Gasteiger partial charge < -0.3 is 9.64 Å². The molecule has 0 radical (unpaired) electrons. The number of hydrogen-bond donors (Lipinski definition) is 0. The molecule has 0 aliphatic heterocycles. The van der Waals surface area contributed by atoms with Crippen molar-refractivity contribution in [2.45, 2.75) is 58.0 Å². The highest BCUT2D eigenvalue weighted by molar-refractivity contribution is 6.32. The third-order valence-electron chi connectivity index (χ3n) is 7.12. The van der Waals surface area contributed by atoms with Gasteiger partial charge in [0.2, 0.25) is 5.91 Å². The van der Waals surface area contributed by atoms with Gasteiger partial charge in [-0.25, -0.2) is 9.67 Å². The molecule has 8 heteroatoms. The number of nitrogens with zero attached hydrogens (tertiary/aromatic N) is 5. The summed E-state index contributed by atoms with van der Waals surface area (Å²) in [7, 11) is 1.60. The Kier molecular flexibility index (Phi) is 6.30. The summed E-state index contributed by atoms with van der Waals surface area (Å²) in [5.74, 6) is 2.24. The molecule has 2 aliphatic rings. The van der Waals surface area contributed by atoms with Crippen LogP contribution >= 0.6 is 11.6 Å². The Hall–Kier alpha value is -2.93. The quantitative estimate of drug-likeness (QED) is 0.441. The molecular formula is C26H30ClN5O2. The molecule has 5 rings (SSSR count). The molecule has 178 valence electrons. The molecule has 3 aromatic rings. The van der Waals surface area contributed by atoms with E-state index in [1.165, 1.54) is 12.8 Å². The third-order valence-corrected chi connectivity index (χ3v) is 7.41. The minimum absolute atomic E-state index is 0.181. The Morgan fingerprint density at radius 3 is 2.56 bits per heavy atom. The van der Waals surface area contributed by atoms with Gasteiger partial charge in [-0.15, -0.1) is 0 Å². The topological polar surface area (TPSA) is 73.1 Å². The lowest BCUT2D eigenvalue weighted by atomic mass is 10.1. The van der Waals surface area contributed by atoms with Gasteiger partial charge in [0.05, 0.1) is 18.7 Å². The number of aromatic nitrogens is 4. The number of halogens is 1. The van der Waals surface area contributed by atoms with Gasteiger partial charge in [0.1, 0.15) is 5.75 Å². The fourth-order valence-electron chi connectivity index (χ4n) is 4.76. The molecule has 0 N–H and O–H groups in total. The standard InChI is InChI=1S/C26H30ClN5O2/c1-26(11-12-26)25(33)31(20-5-3-4-6-20)15-16-32-24(19-7-8-22(34-2)21(27)17-19)29-23(30-32)18-9-13-28-14-10-18/h7-10,13-14,17,20H,3-6,11-12,15-16H2,1-2H3. The molecule has 2 aliphatic carbocycles. The normalized spacial score (nSPS) is 17.0. The van der Waals surface area contributed by atoms with Crippen LogP contribution in [0.4, 0.5) is 0 Å². The van der Waals surface area contributed by atoms with Gasteiger partial charge in [-0.2, -0.15) is 5.10 Å². The van der Waals surface area contributed by atoms with Crippen LogP contribution in [0.15, 0.2) is 42.7 Å². The maximum atomic E-state index is 13.4. The number of ether oxygens (including phenoxy) is 1. The maximum Gasteiger partial charge on any atom is 0.228 e. The van der Waals surface area contributed by atoms with Crippen molar-refractivity contribution in [3.8, 4) is 28.5 Å². The van der Waals surface area contributed by atoms with Gasteiger partial charge in [0.15, 0.2) is 11.6 Å². The minimum atomic E-state index is -0.181. The molecule has 0 saturated heterocycles. The van der Waals surface area contributed by atoms with Crippen molar-refractivity contribution in [1.29, 1.82) is 0 Å². The van der Waals surface area contributed by atoms with Crippen LogP contribution in [0.2, 0.25) is 5.02 Å². The highest BCUT2D eigenvalue weighted by Crippen LogP contribution is 2.47. The second kappa shape index (κ2) is 9.37. The first kappa shape index (κ1) is 22.8. The zero-order chi connectivity index (χ0) is 23.7. The van der Waals surface area contributed by atoms with Crippen LogP contribution in [0.5, 0.6) is 5.75 Å². The number of carbonyl (C=O) groups excluding carboxylic acids is 1. The van der Waals surface area contributed by atoms with Crippen LogP contribution < -0.4 is 4.74 Å². The van der Waals surface area contributed by atoms with Crippen LogP contribution in [0, 0.1) is 5.41 Å². The van der Waals surface area contributed by atoms with E-state index in [0.717, 1.165) is 36.8 Å². The predicted molar refractivity (Wildman–Crippen MR) is 132 cm³/mol. The van der Waals surface area contributed by atoms with Gasteiger partial charge in [-0.05, 0) is 56.0 Å². The number of pyridine rings is 1. The van der Waals surface area contributed by atoms with Crippen LogP contribution in [0.25, 0.3) is 22.8 Å². The number of carbonyl (C=O) groups is 1. The summed E-state index contributed by atoms with van der Waals surface area (Å²) in [6.07, 6.45) is 9.99. The maximum absolute atomic E-state index is 13.4. The van der Waals surface area contributed by atoms with E-state index in [1.54, 1.807) is 19.5 Å². The zero-order valence-corrected chi connectivity index (χ0v) is 20.5. The van der Waals surface area contributed by atoms with Gasteiger partial charge in [0.25, 0.3) is 0 Å². The summed E-state index contributed by atoms with van der Waals surface area (Å²) >= 11 is 6.42. The monoisotopic (exact) mass is 479 g/mol. The van der Waals surface area contributed by atoms with E-state index in [4.69, 9.17) is 26.4 Å². The van der Waals surface area contributed by atoms with Crippen molar-refractivity contribution in [3.05, 3.63) is 47.7 Å². The Labute approximate surface area is 205 Å². The van der Waals surface area contributed by atoms with Gasteiger partial charge in [0, 0.05) is 41.5 Å². The van der Waals surface area contributed by atoms with Crippen LogP contribution in [-0.4, -0.2) is 50.3 Å². The molecule has 2 heterocycles. The highest BCUT2D eigenvalue weighted by Gasteiger charge is 2.48. The third kappa shape index (κ3) is 4.53. The highest BCUT2D eigenvalue weighted by atomic mass is 35.5. The minimum Gasteiger partial charge on any atom is -0.495 e. The van der Waals surface area contributed by atoms with E-state index in [0.29, 0.717) is 47.5 Å². The second-order valence-corrected chi connectivity index (χ2v) is 9.97. The molecule has 2 saturated carbocycles. The van der Waals surface area contributed by atoms with Crippen molar-refractivity contribution in [2.75, 3.05) is 13.7 Å². The Morgan fingerprint density at radius 2 is 1.91 bits per heavy atom. The van der Waals surface area contributed by atoms with Crippen molar-refractivity contribution in [2.24, 2.45) is 5.41 Å². The van der Waals surface area contributed by atoms with E-state index in [-0.39, 0.29) is 5.41 Å². The van der Waals surface area contributed by atoms with Gasteiger partial charge in [-0.1, -0.05) is 31.4 Å². The van der Waals surface area contributed by atoms with Gasteiger partial charge >= 0.3 is 0 Å². The van der Waals surface area contributed by atoms with Crippen LogP contribution in [0.3, 0.4) is 0 Å². The fourth-order valence-corrected chi connectivity index (χ4v) is 5.01. The number of amides is 1. The van der Waals surface area contributed by atoms with Crippen LogP contribution in [-0.2, 0) is 11.3 Å². The lowest BCUT2D eigenvalue weighted by Gasteiger charge is -2.31. The number of methoxy groups -OCH3 is 1. The summed E-state index contributed by atoms with van der Waals surface area (Å²) in [5.41, 5.74) is 1.56. The molecule has 34 heavy (non-hydrogen) atoms. The summed E-state index contributed by atoms with van der Waals surface area (Å²) in [4.78, 5) is 24.5. The molecule has 1 aromatic carbocycles. The molecule has 0 atom stereocenters. The molecular weight excluding hydrogens is 450 g/mol. The van der Waals surface area contributed by atoms with Gasteiger partial charge in [-0.3, -0.25) is 9.78 Å². The molecule has 2 fully saturated rings. The Morgan fingerprint density at radius 1 is 1.18 bits per heavy atom. The SMILES string of the molecule is COc1ccc(-c2nc(-c3ccncc3)nn2CCN(C(=O)C2(C)CC2)C2CCCC2)cc1Cl. The van der Waals surface area contributed by atoms with E-state index < -0.39 is 0 Å². The molecule has 0 unspecified atom stereocenters. The summed E-state index contributed by atoms with van der Waals surface area (Å²) in [6.45, 7) is 3.28. The van der Waals surface area contributed by atoms with Crippen molar-refractivity contribution in [1.82, 2.24) is 24.6 Å². The largest absolute Gasteiger partial charge is 0.495 e. The second-order valence-electron chi connectivity index (χ2n) is 9.56. The van der Waals surface area contributed by atoms with Crippen molar-refractivity contribution < 1.29 is 9.53 Å². The summed E-state index contributed by atoms with van der Waals surface area (Å²) < 4.78 is 7.22. The first-order chi connectivity index (χ1) is 16.5. The lowest BCUT2D eigenvalue weighted by Crippen LogP contribution is -2.44. The fraction of sp³-hybridized carbons (Fsp3) is 0.462. The Bertz CT molecular complexity index is 1170. The molecule has 0 spiro atoms. The van der Waals surface area contributed by atoms with Crippen molar-refractivity contribution >= 4 is 17.5 Å². The zero-order valence-electron chi connectivity index (χ0n) is 19.7. The van der Waals surface area contributed by atoms with Crippen LogP contribution in [0.1, 0.15) is 45.4 Å². The number of benzene rings is 1. The van der Waals surface area contributed by atoms with E-state index in [1.807, 2.05) is 35.0 Å². The predicted octanol–water partition coefficient (Wildman–Crippen LogP) is 5.24. The first-order valence-corrected chi connectivity index (χ1v) is 12.4. The molecule has 0 bridgehead atoms. The number of rotatable bonds is 8.